The molecule has 1 aliphatic heterocycles. The Bertz CT molecular complexity index is 116. The zero-order valence-electron chi connectivity index (χ0n) is 7.58. The third-order valence-corrected chi connectivity index (χ3v) is 2.13. The van der Waals surface area contributed by atoms with Crippen molar-refractivity contribution in [2.45, 2.75) is 31.9 Å². The minimum absolute atomic E-state index is 0.146. The molecule has 0 aromatic rings. The Morgan fingerprint density at radius 2 is 2.58 bits per heavy atom. The van der Waals surface area contributed by atoms with Crippen molar-refractivity contribution in [2.75, 3.05) is 19.8 Å². The van der Waals surface area contributed by atoms with Crippen LogP contribution in [0.3, 0.4) is 0 Å². The first kappa shape index (κ1) is 9.92. The van der Waals surface area contributed by atoms with Crippen molar-refractivity contribution in [3.05, 3.63) is 0 Å². The average molecular weight is 174 g/mol. The van der Waals surface area contributed by atoms with Crippen LogP contribution in [0.25, 0.3) is 0 Å². The summed E-state index contributed by atoms with van der Waals surface area (Å²) in [4.78, 5) is 0. The fraction of sp³-hybridized carbons (Fsp3) is 1.00. The van der Waals surface area contributed by atoms with E-state index in [0.29, 0.717) is 6.61 Å². The third kappa shape index (κ3) is 2.71. The number of nitrogens with two attached hydrogens (primary N) is 1. The molecule has 4 nitrogen and oxygen atoms in total. The van der Waals surface area contributed by atoms with Gasteiger partial charge in [-0.3, -0.25) is 11.3 Å². The highest BCUT2D eigenvalue weighted by Gasteiger charge is 2.24. The van der Waals surface area contributed by atoms with Gasteiger partial charge in [-0.25, -0.2) is 0 Å². The van der Waals surface area contributed by atoms with Gasteiger partial charge in [-0.1, -0.05) is 0 Å². The first-order valence-electron chi connectivity index (χ1n) is 4.54. The molecule has 2 unspecified atom stereocenters. The molecule has 3 N–H and O–H groups in total. The zero-order chi connectivity index (χ0) is 8.81. The van der Waals surface area contributed by atoms with E-state index in [1.165, 1.54) is 0 Å². The van der Waals surface area contributed by atoms with Crippen LogP contribution in [0.1, 0.15) is 19.8 Å². The van der Waals surface area contributed by atoms with E-state index in [1.54, 1.807) is 0 Å². The minimum atomic E-state index is 0.146. The van der Waals surface area contributed by atoms with Gasteiger partial charge in [0.15, 0.2) is 0 Å². The molecule has 4 heteroatoms. The Kier molecular flexibility index (Phi) is 4.53. The highest BCUT2D eigenvalue weighted by molar-refractivity contribution is 4.78. The lowest BCUT2D eigenvalue weighted by molar-refractivity contribution is 0.0325. The largest absolute Gasteiger partial charge is 0.380 e. The standard InChI is InChI=1S/C8H18N2O2/c1-2-11-6-7(10-9)8-4-3-5-12-8/h7-8,10H,2-6,9H2,1H3. The van der Waals surface area contributed by atoms with E-state index in [9.17, 15) is 0 Å². The van der Waals surface area contributed by atoms with Gasteiger partial charge in [0.1, 0.15) is 0 Å². The maximum absolute atomic E-state index is 5.48. The average Bonchev–Trinajstić information content (AvgIpc) is 2.59. The van der Waals surface area contributed by atoms with Crippen LogP contribution < -0.4 is 11.3 Å². The Hall–Kier alpha value is -0.160. The second-order valence-electron chi connectivity index (χ2n) is 2.98. The van der Waals surface area contributed by atoms with Gasteiger partial charge >= 0.3 is 0 Å². The predicted octanol–water partition coefficient (Wildman–Crippen LogP) is 0.0338. The molecule has 0 amide bonds. The molecule has 0 aliphatic carbocycles. The van der Waals surface area contributed by atoms with E-state index in [-0.39, 0.29) is 12.1 Å². The Morgan fingerprint density at radius 1 is 1.75 bits per heavy atom. The van der Waals surface area contributed by atoms with Crippen LogP contribution >= 0.6 is 0 Å². The van der Waals surface area contributed by atoms with Gasteiger partial charge < -0.3 is 9.47 Å². The van der Waals surface area contributed by atoms with E-state index in [2.05, 4.69) is 5.43 Å². The maximum atomic E-state index is 5.48. The molecule has 0 spiro atoms. The van der Waals surface area contributed by atoms with Crippen molar-refractivity contribution in [3.63, 3.8) is 0 Å². The predicted molar refractivity (Wildman–Crippen MR) is 46.6 cm³/mol. The van der Waals surface area contributed by atoms with Crippen molar-refractivity contribution in [1.29, 1.82) is 0 Å². The fourth-order valence-electron chi connectivity index (χ4n) is 1.43. The molecule has 1 aliphatic rings. The van der Waals surface area contributed by atoms with Gasteiger partial charge in [0.2, 0.25) is 0 Å². The number of hydrogen-bond acceptors (Lipinski definition) is 4. The smallest absolute Gasteiger partial charge is 0.0764 e. The summed E-state index contributed by atoms with van der Waals surface area (Å²) in [5.74, 6) is 5.38. The van der Waals surface area contributed by atoms with Crippen molar-refractivity contribution in [1.82, 2.24) is 5.43 Å². The number of hydrogen-bond donors (Lipinski definition) is 2. The molecule has 0 aromatic heterocycles. The van der Waals surface area contributed by atoms with Crippen molar-refractivity contribution in [3.8, 4) is 0 Å². The van der Waals surface area contributed by atoms with E-state index < -0.39 is 0 Å². The summed E-state index contributed by atoms with van der Waals surface area (Å²) in [6.07, 6.45) is 2.46. The molecule has 1 rings (SSSR count). The fourth-order valence-corrected chi connectivity index (χ4v) is 1.43. The van der Waals surface area contributed by atoms with Crippen molar-refractivity contribution in [2.24, 2.45) is 5.84 Å². The first-order valence-corrected chi connectivity index (χ1v) is 4.54. The second kappa shape index (κ2) is 5.48. The van der Waals surface area contributed by atoms with Gasteiger partial charge in [-0.05, 0) is 19.8 Å². The molecule has 1 heterocycles. The molecule has 12 heavy (non-hydrogen) atoms. The number of hydrazine groups is 1. The summed E-state index contributed by atoms with van der Waals surface area (Å²) in [5, 5.41) is 0. The Labute approximate surface area is 73.4 Å². The highest BCUT2D eigenvalue weighted by Crippen LogP contribution is 2.15. The van der Waals surface area contributed by atoms with Crippen LogP contribution in [-0.2, 0) is 9.47 Å². The van der Waals surface area contributed by atoms with Crippen LogP contribution in [0, 0.1) is 0 Å². The molecule has 1 fully saturated rings. The molecule has 72 valence electrons. The van der Waals surface area contributed by atoms with E-state index in [4.69, 9.17) is 15.3 Å². The van der Waals surface area contributed by atoms with Gasteiger partial charge in [0, 0.05) is 13.2 Å². The normalized spacial score (nSPS) is 26.0. The lowest BCUT2D eigenvalue weighted by Gasteiger charge is -2.21. The van der Waals surface area contributed by atoms with Gasteiger partial charge in [0.25, 0.3) is 0 Å². The van der Waals surface area contributed by atoms with Gasteiger partial charge in [-0.15, -0.1) is 0 Å². The minimum Gasteiger partial charge on any atom is -0.380 e. The summed E-state index contributed by atoms with van der Waals surface area (Å²) in [7, 11) is 0. The molecule has 0 saturated carbocycles. The van der Waals surface area contributed by atoms with Crippen LogP contribution in [-0.4, -0.2) is 32.0 Å². The van der Waals surface area contributed by atoms with Gasteiger partial charge in [0.05, 0.1) is 18.8 Å². The van der Waals surface area contributed by atoms with Gasteiger partial charge in [-0.2, -0.15) is 0 Å². The highest BCUT2D eigenvalue weighted by atomic mass is 16.5. The summed E-state index contributed by atoms with van der Waals surface area (Å²) in [6, 6.07) is 0.146. The zero-order valence-corrected chi connectivity index (χ0v) is 7.58. The van der Waals surface area contributed by atoms with Crippen LogP contribution in [0.5, 0.6) is 0 Å². The van der Waals surface area contributed by atoms with Crippen molar-refractivity contribution < 1.29 is 9.47 Å². The summed E-state index contributed by atoms with van der Waals surface area (Å²) in [6.45, 7) is 4.20. The topological polar surface area (TPSA) is 56.5 Å². The molecule has 1 saturated heterocycles. The second-order valence-corrected chi connectivity index (χ2v) is 2.98. The van der Waals surface area contributed by atoms with Crippen LogP contribution in [0.4, 0.5) is 0 Å². The molecule has 0 aromatic carbocycles. The summed E-state index contributed by atoms with van der Waals surface area (Å²) >= 11 is 0. The van der Waals surface area contributed by atoms with Crippen LogP contribution in [0.15, 0.2) is 0 Å². The van der Waals surface area contributed by atoms with Crippen LogP contribution in [0.2, 0.25) is 0 Å². The molecule has 0 bridgehead atoms. The third-order valence-electron chi connectivity index (χ3n) is 2.13. The maximum Gasteiger partial charge on any atom is 0.0764 e. The SMILES string of the molecule is CCOCC(NN)C1CCCO1. The Balaban J connectivity index is 2.22. The van der Waals surface area contributed by atoms with Crippen molar-refractivity contribution >= 4 is 0 Å². The lowest BCUT2D eigenvalue weighted by Crippen LogP contribution is -2.46. The first-order chi connectivity index (χ1) is 5.88. The monoisotopic (exact) mass is 174 g/mol. The summed E-state index contributed by atoms with van der Waals surface area (Å²) < 4.78 is 10.8. The quantitative estimate of drug-likeness (QED) is 0.456. The van der Waals surface area contributed by atoms with E-state index in [0.717, 1.165) is 26.1 Å². The molecular weight excluding hydrogens is 156 g/mol. The number of nitrogens with one attached hydrogen (secondary N) is 1. The van der Waals surface area contributed by atoms with E-state index in [1.807, 2.05) is 6.92 Å². The number of rotatable bonds is 5. The molecule has 0 radical (unpaired) electrons. The molecule has 2 atom stereocenters. The Morgan fingerprint density at radius 3 is 3.08 bits per heavy atom. The lowest BCUT2D eigenvalue weighted by atomic mass is 10.1. The number of ether oxygens (including phenoxy) is 2. The van der Waals surface area contributed by atoms with E-state index >= 15 is 0 Å². The molecular formula is C8H18N2O2. The summed E-state index contributed by atoms with van der Waals surface area (Å²) in [5.41, 5.74) is 2.73.